The number of ether oxygens (including phenoxy) is 2. The van der Waals surface area contributed by atoms with Crippen LogP contribution < -0.4 is 9.64 Å². The number of carbonyl (C=O) groups is 1. The molecule has 6 nitrogen and oxygen atoms in total. The minimum absolute atomic E-state index is 0.00418. The van der Waals surface area contributed by atoms with Gasteiger partial charge in [-0.15, -0.1) is 0 Å². The van der Waals surface area contributed by atoms with E-state index in [4.69, 9.17) is 14.5 Å². The van der Waals surface area contributed by atoms with Gasteiger partial charge < -0.3 is 9.47 Å². The third-order valence-electron chi connectivity index (χ3n) is 5.43. The molecule has 3 aromatic rings. The first-order valence-corrected chi connectivity index (χ1v) is 11.0. The Labute approximate surface area is 181 Å². The van der Waals surface area contributed by atoms with Crippen molar-refractivity contribution >= 4 is 32.6 Å². The molecule has 158 valence electrons. The lowest BCUT2D eigenvalue weighted by Crippen LogP contribution is -2.43. The number of carbonyl (C=O) groups excluding carboxylic acids is 1. The first-order valence-electron chi connectivity index (χ1n) is 10.2. The summed E-state index contributed by atoms with van der Waals surface area (Å²) in [5, 5.41) is 0.720. The molecule has 0 N–H and O–H groups in total. The molecule has 0 saturated carbocycles. The highest BCUT2D eigenvalue weighted by Gasteiger charge is 2.24. The Morgan fingerprint density at radius 1 is 1.20 bits per heavy atom. The molecule has 2 heterocycles. The topological polar surface area (TPSA) is 54.9 Å². The summed E-state index contributed by atoms with van der Waals surface area (Å²) in [6, 6.07) is 11.8. The van der Waals surface area contributed by atoms with E-state index in [9.17, 15) is 4.79 Å². The Bertz CT molecular complexity index is 1040. The minimum Gasteiger partial charge on any atom is -0.497 e. The Morgan fingerprint density at radius 2 is 2.00 bits per heavy atom. The van der Waals surface area contributed by atoms with E-state index in [-0.39, 0.29) is 5.91 Å². The molecule has 0 unspecified atom stereocenters. The predicted molar refractivity (Wildman–Crippen MR) is 121 cm³/mol. The first kappa shape index (κ1) is 20.8. The van der Waals surface area contributed by atoms with Gasteiger partial charge in [0, 0.05) is 31.7 Å². The van der Waals surface area contributed by atoms with E-state index in [1.54, 1.807) is 7.11 Å². The van der Waals surface area contributed by atoms with Gasteiger partial charge in [0.1, 0.15) is 5.75 Å². The number of nitrogens with zero attached hydrogens (tertiary/aromatic N) is 3. The molecular formula is C23H27N3O3S. The van der Waals surface area contributed by atoms with Gasteiger partial charge in [0.05, 0.1) is 30.5 Å². The van der Waals surface area contributed by atoms with Crippen molar-refractivity contribution in [3.63, 3.8) is 0 Å². The molecule has 0 aliphatic carbocycles. The van der Waals surface area contributed by atoms with Crippen LogP contribution in [-0.2, 0) is 4.74 Å². The van der Waals surface area contributed by atoms with Crippen LogP contribution in [0, 0.1) is 13.8 Å². The van der Waals surface area contributed by atoms with E-state index in [0.29, 0.717) is 6.54 Å². The number of aryl methyl sites for hydroxylation is 2. The monoisotopic (exact) mass is 425 g/mol. The zero-order valence-corrected chi connectivity index (χ0v) is 18.5. The van der Waals surface area contributed by atoms with Crippen LogP contribution in [0.2, 0.25) is 0 Å². The fraction of sp³-hybridized carbons (Fsp3) is 0.391. The average Bonchev–Trinajstić information content (AvgIpc) is 3.19. The smallest absolute Gasteiger partial charge is 0.260 e. The zero-order chi connectivity index (χ0) is 21.1. The van der Waals surface area contributed by atoms with E-state index in [1.165, 1.54) is 11.3 Å². The van der Waals surface area contributed by atoms with Crippen molar-refractivity contribution < 1.29 is 14.3 Å². The van der Waals surface area contributed by atoms with Gasteiger partial charge in [-0.05, 0) is 43.7 Å². The molecule has 0 bridgehead atoms. The van der Waals surface area contributed by atoms with Crippen LogP contribution in [-0.4, -0.2) is 62.3 Å². The number of anilines is 1. The third kappa shape index (κ3) is 4.48. The van der Waals surface area contributed by atoms with Crippen molar-refractivity contribution in [1.82, 2.24) is 9.88 Å². The van der Waals surface area contributed by atoms with E-state index in [1.807, 2.05) is 55.1 Å². The molecule has 1 aliphatic heterocycles. The summed E-state index contributed by atoms with van der Waals surface area (Å²) in [6.07, 6.45) is 0. The van der Waals surface area contributed by atoms with E-state index < -0.39 is 0 Å². The van der Waals surface area contributed by atoms with Crippen molar-refractivity contribution in [3.8, 4) is 5.75 Å². The van der Waals surface area contributed by atoms with E-state index >= 15 is 0 Å². The maximum atomic E-state index is 13.6. The second-order valence-electron chi connectivity index (χ2n) is 7.56. The summed E-state index contributed by atoms with van der Waals surface area (Å²) in [7, 11) is 1.65. The van der Waals surface area contributed by atoms with Gasteiger partial charge >= 0.3 is 0 Å². The van der Waals surface area contributed by atoms with Crippen molar-refractivity contribution in [2.45, 2.75) is 13.8 Å². The van der Waals surface area contributed by atoms with Crippen LogP contribution >= 0.6 is 11.3 Å². The molecule has 0 radical (unpaired) electrons. The lowest BCUT2D eigenvalue weighted by atomic mass is 10.0. The van der Waals surface area contributed by atoms with Gasteiger partial charge in [0.25, 0.3) is 5.91 Å². The predicted octanol–water partition coefficient (Wildman–Crippen LogP) is 3.90. The van der Waals surface area contributed by atoms with Crippen molar-refractivity contribution in [3.05, 3.63) is 53.1 Å². The maximum absolute atomic E-state index is 13.6. The standard InChI is InChI=1S/C23H27N3O3S/c1-16-4-5-17(2)19(14-16)22(27)26(9-8-25-10-12-29-13-11-25)23-24-20-7-6-18(28-3)15-21(20)30-23/h4-7,14-15H,8-13H2,1-3H3. The molecule has 4 rings (SSSR count). The lowest BCUT2D eigenvalue weighted by molar-refractivity contribution is 0.0391. The van der Waals surface area contributed by atoms with Gasteiger partial charge in [-0.2, -0.15) is 0 Å². The van der Waals surface area contributed by atoms with Crippen LogP contribution in [0.15, 0.2) is 36.4 Å². The van der Waals surface area contributed by atoms with E-state index in [2.05, 4.69) is 4.90 Å². The molecule has 7 heteroatoms. The summed E-state index contributed by atoms with van der Waals surface area (Å²) < 4.78 is 11.8. The Kier molecular flexibility index (Phi) is 6.32. The fourth-order valence-corrected chi connectivity index (χ4v) is 4.62. The summed E-state index contributed by atoms with van der Waals surface area (Å²) >= 11 is 1.53. The van der Waals surface area contributed by atoms with Gasteiger partial charge in [-0.1, -0.05) is 29.0 Å². The summed E-state index contributed by atoms with van der Waals surface area (Å²) in [4.78, 5) is 22.6. The Balaban J connectivity index is 1.67. The maximum Gasteiger partial charge on any atom is 0.260 e. The van der Waals surface area contributed by atoms with Crippen molar-refractivity contribution in [2.24, 2.45) is 0 Å². The largest absolute Gasteiger partial charge is 0.497 e. The molecule has 1 aliphatic rings. The molecular weight excluding hydrogens is 398 g/mol. The van der Waals surface area contributed by atoms with Gasteiger partial charge in [0.15, 0.2) is 5.13 Å². The molecule has 1 saturated heterocycles. The lowest BCUT2D eigenvalue weighted by Gasteiger charge is -2.29. The molecule has 0 atom stereocenters. The number of morpholine rings is 1. The highest BCUT2D eigenvalue weighted by molar-refractivity contribution is 7.22. The van der Waals surface area contributed by atoms with Crippen molar-refractivity contribution in [1.29, 1.82) is 0 Å². The molecule has 1 amide bonds. The molecule has 1 aromatic heterocycles. The van der Waals surface area contributed by atoms with Crippen LogP contribution in [0.1, 0.15) is 21.5 Å². The third-order valence-corrected chi connectivity index (χ3v) is 6.47. The molecule has 2 aromatic carbocycles. The average molecular weight is 426 g/mol. The first-order chi connectivity index (χ1) is 14.5. The number of thiazole rings is 1. The van der Waals surface area contributed by atoms with E-state index in [0.717, 1.165) is 70.6 Å². The second-order valence-corrected chi connectivity index (χ2v) is 8.57. The van der Waals surface area contributed by atoms with Gasteiger partial charge in [-0.25, -0.2) is 4.98 Å². The van der Waals surface area contributed by atoms with Crippen LogP contribution in [0.3, 0.4) is 0 Å². The SMILES string of the molecule is COc1ccc2nc(N(CCN3CCOCC3)C(=O)c3cc(C)ccc3C)sc2c1. The number of rotatable bonds is 6. The summed E-state index contributed by atoms with van der Waals surface area (Å²) in [6.45, 7) is 8.64. The summed E-state index contributed by atoms with van der Waals surface area (Å²) in [5.74, 6) is 0.786. The van der Waals surface area contributed by atoms with Gasteiger partial charge in [0.2, 0.25) is 0 Å². The highest BCUT2D eigenvalue weighted by Crippen LogP contribution is 2.32. The fourth-order valence-electron chi connectivity index (χ4n) is 3.60. The number of amides is 1. The highest BCUT2D eigenvalue weighted by atomic mass is 32.1. The van der Waals surface area contributed by atoms with Crippen LogP contribution in [0.25, 0.3) is 10.2 Å². The quantitative estimate of drug-likeness (QED) is 0.600. The molecule has 1 fully saturated rings. The number of hydrogen-bond donors (Lipinski definition) is 0. The number of methoxy groups -OCH3 is 1. The molecule has 30 heavy (non-hydrogen) atoms. The Morgan fingerprint density at radius 3 is 2.77 bits per heavy atom. The second kappa shape index (κ2) is 9.12. The minimum atomic E-state index is -0.00418. The van der Waals surface area contributed by atoms with Crippen LogP contribution in [0.5, 0.6) is 5.75 Å². The molecule has 0 spiro atoms. The van der Waals surface area contributed by atoms with Crippen molar-refractivity contribution in [2.75, 3.05) is 51.4 Å². The van der Waals surface area contributed by atoms with Gasteiger partial charge in [-0.3, -0.25) is 14.6 Å². The van der Waals surface area contributed by atoms with Crippen LogP contribution in [0.4, 0.5) is 5.13 Å². The number of benzene rings is 2. The number of aromatic nitrogens is 1. The normalized spacial score (nSPS) is 14.8. The Hall–Kier alpha value is -2.48. The zero-order valence-electron chi connectivity index (χ0n) is 17.7. The summed E-state index contributed by atoms with van der Waals surface area (Å²) in [5.41, 5.74) is 3.66. The number of hydrogen-bond acceptors (Lipinski definition) is 6. The number of fused-ring (bicyclic) bond motifs is 1.